The Hall–Kier alpha value is -2.96. The van der Waals surface area contributed by atoms with Crippen LogP contribution in [0.25, 0.3) is 0 Å². The van der Waals surface area contributed by atoms with Crippen molar-refractivity contribution >= 4 is 24.8 Å². The molecule has 0 aliphatic rings. The zero-order valence-electron chi connectivity index (χ0n) is 22.0. The number of carbonyl (C=O) groups excluding carboxylic acids is 1. The van der Waals surface area contributed by atoms with Gasteiger partial charge in [-0.25, -0.2) is 4.79 Å². The van der Waals surface area contributed by atoms with Crippen molar-refractivity contribution in [1.29, 1.82) is 0 Å². The quantitative estimate of drug-likeness (QED) is 0.409. The predicted molar refractivity (Wildman–Crippen MR) is 144 cm³/mol. The Kier molecular flexibility index (Phi) is 8.18. The van der Waals surface area contributed by atoms with Crippen LogP contribution in [0.1, 0.15) is 52.8 Å². The van der Waals surface area contributed by atoms with Gasteiger partial charge in [-0.3, -0.25) is 4.98 Å². The first kappa shape index (κ1) is 26.6. The zero-order valence-corrected chi connectivity index (χ0v) is 23.0. The van der Waals surface area contributed by atoms with Crippen molar-refractivity contribution in [1.82, 2.24) is 9.88 Å². The Morgan fingerprint density at radius 1 is 0.886 bits per heavy atom. The van der Waals surface area contributed by atoms with E-state index in [9.17, 15) is 4.79 Å². The molecule has 0 aliphatic carbocycles. The highest BCUT2D eigenvalue weighted by molar-refractivity contribution is 6.99. The van der Waals surface area contributed by atoms with Crippen LogP contribution in [-0.2, 0) is 22.3 Å². The highest BCUT2D eigenvalue weighted by atomic mass is 28.4. The van der Waals surface area contributed by atoms with Crippen LogP contribution < -0.4 is 10.4 Å². The second-order valence-corrected chi connectivity index (χ2v) is 15.2. The summed E-state index contributed by atoms with van der Waals surface area (Å²) in [7, 11) is -0.908. The second kappa shape index (κ2) is 10.8. The number of rotatable bonds is 7. The minimum Gasteiger partial charge on any atom is -0.444 e. The number of carbonyl (C=O) groups is 1. The summed E-state index contributed by atoms with van der Waals surface area (Å²) in [6, 6.07) is 25.1. The third-order valence-corrected chi connectivity index (χ3v) is 10.8. The molecule has 0 aliphatic heterocycles. The predicted octanol–water partition coefficient (Wildman–Crippen LogP) is 5.53. The zero-order chi connectivity index (χ0) is 25.7. The van der Waals surface area contributed by atoms with E-state index in [0.29, 0.717) is 13.2 Å². The highest BCUT2D eigenvalue weighted by Crippen LogP contribution is 2.37. The summed E-state index contributed by atoms with van der Waals surface area (Å²) in [6.07, 6.45) is 1.43. The van der Waals surface area contributed by atoms with Crippen LogP contribution in [0.15, 0.2) is 79.0 Å². The van der Waals surface area contributed by atoms with Crippen LogP contribution in [0.3, 0.4) is 0 Å². The molecule has 0 radical (unpaired) electrons. The van der Waals surface area contributed by atoms with Crippen molar-refractivity contribution in [2.45, 2.75) is 65.3 Å². The molecule has 1 amide bonds. The van der Waals surface area contributed by atoms with Gasteiger partial charge in [0, 0.05) is 19.8 Å². The van der Waals surface area contributed by atoms with Crippen molar-refractivity contribution < 1.29 is 14.0 Å². The normalized spacial score (nSPS) is 12.3. The molecule has 0 spiro atoms. The molecule has 5 nitrogen and oxygen atoms in total. The maximum atomic E-state index is 12.4. The minimum atomic E-state index is -2.65. The molecule has 0 unspecified atom stereocenters. The fraction of sp³-hybridized carbons (Fsp3) is 0.379. The average Bonchev–Trinajstić information content (AvgIpc) is 2.79. The summed E-state index contributed by atoms with van der Waals surface area (Å²) in [6.45, 7) is 13.2. The van der Waals surface area contributed by atoms with Gasteiger partial charge >= 0.3 is 6.09 Å². The van der Waals surface area contributed by atoms with E-state index >= 15 is 0 Å². The van der Waals surface area contributed by atoms with Crippen molar-refractivity contribution in [3.8, 4) is 0 Å². The topological polar surface area (TPSA) is 51.7 Å². The molecule has 0 bridgehead atoms. The summed E-state index contributed by atoms with van der Waals surface area (Å²) in [5.74, 6) is 0. The van der Waals surface area contributed by atoms with E-state index in [1.807, 2.05) is 45.0 Å². The van der Waals surface area contributed by atoms with Crippen molar-refractivity contribution in [2.24, 2.45) is 0 Å². The molecule has 35 heavy (non-hydrogen) atoms. The molecular weight excluding hydrogens is 452 g/mol. The molecule has 1 aromatic heterocycles. The smallest absolute Gasteiger partial charge is 0.410 e. The van der Waals surface area contributed by atoms with Gasteiger partial charge in [0.15, 0.2) is 0 Å². The van der Waals surface area contributed by atoms with Gasteiger partial charge in [-0.05, 0) is 53.9 Å². The SMILES string of the molecule is CN(Cc1ccnc(CO[Si](c2ccccc2)(c2ccccc2)C(C)(C)C)c1)C(=O)OC(C)(C)C. The number of ether oxygens (including phenoxy) is 1. The van der Waals surface area contributed by atoms with Gasteiger partial charge in [-0.15, -0.1) is 0 Å². The molecular formula is C29H38N2O3Si. The van der Waals surface area contributed by atoms with E-state index in [1.54, 1.807) is 18.1 Å². The standard InChI is InChI=1S/C29H38N2O3Si/c1-28(2,3)34-27(32)31(7)21-23-18-19-30-24(20-23)22-33-35(29(4,5)6,25-14-10-8-11-15-25)26-16-12-9-13-17-26/h8-20H,21-22H2,1-7H3. The van der Waals surface area contributed by atoms with E-state index in [-0.39, 0.29) is 11.1 Å². The Bertz CT molecular complexity index is 1070. The number of benzene rings is 2. The summed E-state index contributed by atoms with van der Waals surface area (Å²) in [4.78, 5) is 18.6. The number of amides is 1. The lowest BCUT2D eigenvalue weighted by Crippen LogP contribution is -2.66. The molecule has 0 N–H and O–H groups in total. The first-order valence-electron chi connectivity index (χ1n) is 12.1. The van der Waals surface area contributed by atoms with E-state index in [2.05, 4.69) is 74.3 Å². The number of hydrogen-bond acceptors (Lipinski definition) is 4. The molecule has 2 aromatic carbocycles. The molecule has 1 heterocycles. The van der Waals surface area contributed by atoms with Gasteiger partial charge in [-0.1, -0.05) is 81.4 Å². The second-order valence-electron chi connectivity index (χ2n) is 10.9. The van der Waals surface area contributed by atoms with Crippen LogP contribution in [-0.4, -0.2) is 36.9 Å². The first-order valence-corrected chi connectivity index (χ1v) is 14.0. The van der Waals surface area contributed by atoms with Crippen molar-refractivity contribution in [3.63, 3.8) is 0 Å². The fourth-order valence-electron chi connectivity index (χ4n) is 4.33. The van der Waals surface area contributed by atoms with E-state index in [0.717, 1.165) is 11.3 Å². The molecule has 186 valence electrons. The summed E-state index contributed by atoms with van der Waals surface area (Å²) in [5, 5.41) is 2.36. The molecule has 3 rings (SSSR count). The van der Waals surface area contributed by atoms with Crippen molar-refractivity contribution in [3.05, 3.63) is 90.3 Å². The Labute approximate surface area is 211 Å². The van der Waals surface area contributed by atoms with Gasteiger partial charge in [0.1, 0.15) is 5.60 Å². The third-order valence-electron chi connectivity index (χ3n) is 5.86. The van der Waals surface area contributed by atoms with E-state index in [4.69, 9.17) is 9.16 Å². The van der Waals surface area contributed by atoms with Crippen LogP contribution in [0.4, 0.5) is 4.79 Å². The van der Waals surface area contributed by atoms with Crippen LogP contribution >= 0.6 is 0 Å². The van der Waals surface area contributed by atoms with Gasteiger partial charge in [0.25, 0.3) is 8.32 Å². The lowest BCUT2D eigenvalue weighted by Gasteiger charge is -2.43. The minimum absolute atomic E-state index is 0.107. The number of pyridine rings is 1. The number of aromatic nitrogens is 1. The monoisotopic (exact) mass is 490 g/mol. The molecule has 0 saturated carbocycles. The Morgan fingerprint density at radius 2 is 1.43 bits per heavy atom. The van der Waals surface area contributed by atoms with E-state index in [1.165, 1.54) is 10.4 Å². The Balaban J connectivity index is 1.88. The van der Waals surface area contributed by atoms with E-state index < -0.39 is 13.9 Å². The molecule has 0 saturated heterocycles. The summed E-state index contributed by atoms with van der Waals surface area (Å²) in [5.41, 5.74) is 1.29. The molecule has 6 heteroatoms. The highest BCUT2D eigenvalue weighted by Gasteiger charge is 2.50. The van der Waals surface area contributed by atoms with Crippen LogP contribution in [0.2, 0.25) is 5.04 Å². The van der Waals surface area contributed by atoms with Gasteiger partial charge in [0.2, 0.25) is 0 Å². The lowest BCUT2D eigenvalue weighted by molar-refractivity contribution is 0.0285. The Morgan fingerprint density at radius 3 is 1.91 bits per heavy atom. The van der Waals surface area contributed by atoms with Gasteiger partial charge in [-0.2, -0.15) is 0 Å². The fourth-order valence-corrected chi connectivity index (χ4v) is 8.85. The molecule has 3 aromatic rings. The summed E-state index contributed by atoms with van der Waals surface area (Å²) >= 11 is 0. The maximum absolute atomic E-state index is 12.4. The maximum Gasteiger partial charge on any atom is 0.410 e. The number of hydrogen-bond donors (Lipinski definition) is 0. The number of nitrogens with zero attached hydrogens (tertiary/aromatic N) is 2. The van der Waals surface area contributed by atoms with Gasteiger partial charge < -0.3 is 14.1 Å². The first-order chi connectivity index (χ1) is 16.4. The van der Waals surface area contributed by atoms with Gasteiger partial charge in [0.05, 0.1) is 12.3 Å². The van der Waals surface area contributed by atoms with Crippen LogP contribution in [0, 0.1) is 0 Å². The molecule has 0 fully saturated rings. The summed E-state index contributed by atoms with van der Waals surface area (Å²) < 4.78 is 12.5. The largest absolute Gasteiger partial charge is 0.444 e. The molecule has 0 atom stereocenters. The average molecular weight is 491 g/mol. The van der Waals surface area contributed by atoms with Crippen LogP contribution in [0.5, 0.6) is 0 Å². The third kappa shape index (κ3) is 6.59. The lowest BCUT2D eigenvalue weighted by atomic mass is 10.2. The van der Waals surface area contributed by atoms with Crippen molar-refractivity contribution in [2.75, 3.05) is 7.05 Å².